The van der Waals surface area contributed by atoms with Crippen LogP contribution in [0.4, 0.5) is 0 Å². The second kappa shape index (κ2) is 7.71. The van der Waals surface area contributed by atoms with Gasteiger partial charge in [0.15, 0.2) is 12.2 Å². The largest absolute Gasteiger partial charge is 0.459 e. The van der Waals surface area contributed by atoms with Crippen molar-refractivity contribution in [3.05, 3.63) is 0 Å². The normalized spacial score (nSPS) is 33.3. The molecule has 7 unspecified atom stereocenters. The summed E-state index contributed by atoms with van der Waals surface area (Å²) in [6.07, 6.45) is -3.69. The summed E-state index contributed by atoms with van der Waals surface area (Å²) in [5.74, 6) is -3.66. The molecule has 0 aromatic carbocycles. The highest BCUT2D eigenvalue weighted by atomic mass is 16.7. The molecule has 31 heavy (non-hydrogen) atoms. The molecule has 9 heteroatoms. The number of rotatable bonds is 8. The van der Waals surface area contributed by atoms with Crippen molar-refractivity contribution < 1.29 is 43.5 Å². The zero-order valence-corrected chi connectivity index (χ0v) is 19.2. The lowest BCUT2D eigenvalue weighted by Crippen LogP contribution is -2.51. The standard InChI is InChI=1S/C22H34O9/c1-8-20(2,3)19(25)31-16-14-11(12-13(29-14)15(16)30-18(12)24)17(23)28-10(22(6,7)27)9-21(4,5)26/h10-16,26-27H,8-9H2,1-7H3. The highest BCUT2D eigenvalue weighted by Gasteiger charge is 2.72. The van der Waals surface area contributed by atoms with E-state index in [1.165, 1.54) is 13.8 Å². The first-order chi connectivity index (χ1) is 14.1. The minimum atomic E-state index is -1.43. The second-order valence-corrected chi connectivity index (χ2v) is 10.7. The molecule has 0 radical (unpaired) electrons. The van der Waals surface area contributed by atoms with Crippen LogP contribution < -0.4 is 0 Å². The number of carbonyl (C=O) groups is 3. The number of fused-ring (bicyclic) bond motifs is 1. The van der Waals surface area contributed by atoms with Gasteiger partial charge < -0.3 is 29.2 Å². The zero-order chi connectivity index (χ0) is 23.5. The molecule has 3 aliphatic heterocycles. The van der Waals surface area contributed by atoms with Crippen LogP contribution in [0.5, 0.6) is 0 Å². The van der Waals surface area contributed by atoms with Crippen LogP contribution in [-0.4, -0.2) is 69.8 Å². The van der Waals surface area contributed by atoms with Crippen LogP contribution >= 0.6 is 0 Å². The van der Waals surface area contributed by atoms with Gasteiger partial charge in [0.1, 0.15) is 30.1 Å². The zero-order valence-electron chi connectivity index (χ0n) is 19.2. The van der Waals surface area contributed by atoms with Gasteiger partial charge in [-0.05, 0) is 48.0 Å². The van der Waals surface area contributed by atoms with Crippen LogP contribution in [0.1, 0.15) is 61.3 Å². The monoisotopic (exact) mass is 442 g/mol. The predicted molar refractivity (Wildman–Crippen MR) is 107 cm³/mol. The first-order valence-corrected chi connectivity index (χ1v) is 10.8. The van der Waals surface area contributed by atoms with Gasteiger partial charge in [-0.15, -0.1) is 0 Å². The Bertz CT molecular complexity index is 745. The van der Waals surface area contributed by atoms with Gasteiger partial charge in [-0.2, -0.15) is 0 Å². The number of carbonyl (C=O) groups excluding carboxylic acids is 3. The van der Waals surface area contributed by atoms with E-state index in [0.717, 1.165) is 0 Å². The maximum Gasteiger partial charge on any atom is 0.313 e. The molecular weight excluding hydrogens is 408 g/mol. The van der Waals surface area contributed by atoms with Gasteiger partial charge in [-0.1, -0.05) is 6.92 Å². The van der Waals surface area contributed by atoms with Crippen molar-refractivity contribution in [1.82, 2.24) is 0 Å². The fourth-order valence-electron chi connectivity index (χ4n) is 4.27. The van der Waals surface area contributed by atoms with Crippen LogP contribution in [-0.2, 0) is 33.3 Å². The molecule has 0 spiro atoms. The van der Waals surface area contributed by atoms with Crippen LogP contribution in [0.25, 0.3) is 0 Å². The first-order valence-electron chi connectivity index (χ1n) is 10.8. The fraction of sp³-hybridized carbons (Fsp3) is 0.864. The molecule has 0 amide bonds. The smallest absolute Gasteiger partial charge is 0.313 e. The second-order valence-electron chi connectivity index (χ2n) is 10.7. The Morgan fingerprint density at radius 1 is 1.06 bits per heavy atom. The SMILES string of the molecule is CCC(C)(C)C(=O)OC1C2OC(=O)C3C2OC1C3C(=O)OC(CC(C)(C)O)C(C)(C)O. The Kier molecular flexibility index (Phi) is 5.95. The summed E-state index contributed by atoms with van der Waals surface area (Å²) in [6, 6.07) is 0. The lowest BCUT2D eigenvalue weighted by atomic mass is 9.78. The molecule has 9 nitrogen and oxygen atoms in total. The average molecular weight is 443 g/mol. The lowest BCUT2D eigenvalue weighted by Gasteiger charge is -2.35. The van der Waals surface area contributed by atoms with Crippen LogP contribution in [0.2, 0.25) is 0 Å². The third kappa shape index (κ3) is 4.45. The summed E-state index contributed by atoms with van der Waals surface area (Å²) in [7, 11) is 0. The summed E-state index contributed by atoms with van der Waals surface area (Å²) in [5.41, 5.74) is -3.36. The van der Waals surface area contributed by atoms with Crippen LogP contribution in [0.3, 0.4) is 0 Å². The molecule has 3 heterocycles. The Balaban J connectivity index is 1.81. The number of esters is 3. The molecule has 0 aliphatic carbocycles. The van der Waals surface area contributed by atoms with E-state index < -0.39 is 76.9 Å². The number of ether oxygens (including phenoxy) is 4. The van der Waals surface area contributed by atoms with Crippen molar-refractivity contribution in [3.63, 3.8) is 0 Å². The number of aliphatic hydroxyl groups is 2. The Labute approximate surface area is 182 Å². The summed E-state index contributed by atoms with van der Waals surface area (Å²) >= 11 is 0. The van der Waals surface area contributed by atoms with Crippen molar-refractivity contribution >= 4 is 17.9 Å². The molecule has 0 aromatic rings. The average Bonchev–Trinajstić information content (AvgIpc) is 3.22. The van der Waals surface area contributed by atoms with Crippen LogP contribution in [0, 0.1) is 17.3 Å². The molecule has 3 fully saturated rings. The lowest BCUT2D eigenvalue weighted by molar-refractivity contribution is -0.180. The molecule has 0 aromatic heterocycles. The van der Waals surface area contributed by atoms with Crippen molar-refractivity contribution in [3.8, 4) is 0 Å². The van der Waals surface area contributed by atoms with E-state index in [9.17, 15) is 24.6 Å². The molecule has 2 bridgehead atoms. The molecular formula is C22H34O9. The number of hydrogen-bond acceptors (Lipinski definition) is 9. The summed E-state index contributed by atoms with van der Waals surface area (Å²) in [5, 5.41) is 20.6. The maximum atomic E-state index is 13.2. The van der Waals surface area contributed by atoms with Gasteiger partial charge in [-0.3, -0.25) is 14.4 Å². The highest BCUT2D eigenvalue weighted by Crippen LogP contribution is 2.52. The van der Waals surface area contributed by atoms with Gasteiger partial charge in [-0.25, -0.2) is 0 Å². The third-order valence-corrected chi connectivity index (χ3v) is 6.59. The van der Waals surface area contributed by atoms with E-state index in [4.69, 9.17) is 18.9 Å². The van der Waals surface area contributed by atoms with Gasteiger partial charge in [0.2, 0.25) is 0 Å². The maximum absolute atomic E-state index is 13.2. The molecule has 3 rings (SSSR count). The van der Waals surface area contributed by atoms with Crippen molar-refractivity contribution in [1.29, 1.82) is 0 Å². The van der Waals surface area contributed by atoms with E-state index >= 15 is 0 Å². The van der Waals surface area contributed by atoms with Crippen molar-refractivity contribution in [2.75, 3.05) is 0 Å². The van der Waals surface area contributed by atoms with E-state index in [1.54, 1.807) is 27.7 Å². The number of hydrogen-bond donors (Lipinski definition) is 2. The predicted octanol–water partition coefficient (Wildman–Crippen LogP) is 1.12. The van der Waals surface area contributed by atoms with Crippen LogP contribution in [0.15, 0.2) is 0 Å². The summed E-state index contributed by atoms with van der Waals surface area (Å²) in [6.45, 7) is 11.4. The third-order valence-electron chi connectivity index (χ3n) is 6.59. The van der Waals surface area contributed by atoms with Gasteiger partial charge in [0.25, 0.3) is 0 Å². The summed E-state index contributed by atoms with van der Waals surface area (Å²) in [4.78, 5) is 38.2. The fourth-order valence-corrected chi connectivity index (χ4v) is 4.27. The molecule has 0 saturated carbocycles. The van der Waals surface area contributed by atoms with Crippen molar-refractivity contribution in [2.24, 2.45) is 17.3 Å². The topological polar surface area (TPSA) is 129 Å². The van der Waals surface area contributed by atoms with E-state index in [2.05, 4.69) is 0 Å². The van der Waals surface area contributed by atoms with E-state index in [1.807, 2.05) is 6.92 Å². The van der Waals surface area contributed by atoms with Crippen molar-refractivity contribution in [2.45, 2.75) is 103 Å². The Morgan fingerprint density at radius 2 is 1.68 bits per heavy atom. The van der Waals surface area contributed by atoms with E-state index in [-0.39, 0.29) is 6.42 Å². The summed E-state index contributed by atoms with van der Waals surface area (Å²) < 4.78 is 22.5. The minimum Gasteiger partial charge on any atom is -0.459 e. The first kappa shape index (κ1) is 23.9. The molecule has 2 N–H and O–H groups in total. The molecule has 7 atom stereocenters. The van der Waals surface area contributed by atoms with E-state index in [0.29, 0.717) is 6.42 Å². The Hall–Kier alpha value is -1.71. The molecule has 3 aliphatic rings. The quantitative estimate of drug-likeness (QED) is 0.420. The Morgan fingerprint density at radius 3 is 2.19 bits per heavy atom. The van der Waals surface area contributed by atoms with Gasteiger partial charge in [0.05, 0.1) is 16.6 Å². The van der Waals surface area contributed by atoms with Gasteiger partial charge >= 0.3 is 17.9 Å². The molecule has 3 saturated heterocycles. The molecule has 176 valence electrons. The highest BCUT2D eigenvalue weighted by molar-refractivity contribution is 5.87. The van der Waals surface area contributed by atoms with Gasteiger partial charge in [0, 0.05) is 6.42 Å². The minimum absolute atomic E-state index is 0.00917.